The van der Waals surface area contributed by atoms with Gasteiger partial charge in [0.2, 0.25) is 0 Å². The number of nitrogens with zero attached hydrogens (tertiary/aromatic N) is 2. The molecule has 82 valence electrons. The highest BCUT2D eigenvalue weighted by atomic mass is 35.5. The first-order valence-electron chi connectivity index (χ1n) is 5.30. The first kappa shape index (κ1) is 11.1. The van der Waals surface area contributed by atoms with Crippen LogP contribution in [-0.4, -0.2) is 9.97 Å². The summed E-state index contributed by atoms with van der Waals surface area (Å²) in [7, 11) is 0. The van der Waals surface area contributed by atoms with Crippen LogP contribution in [0.2, 0.25) is 5.15 Å². The van der Waals surface area contributed by atoms with E-state index in [1.54, 1.807) is 0 Å². The topological polar surface area (TPSA) is 25.8 Å². The van der Waals surface area contributed by atoms with Gasteiger partial charge in [-0.3, -0.25) is 0 Å². The minimum absolute atomic E-state index is 0.547. The Morgan fingerprint density at radius 1 is 1.12 bits per heavy atom. The highest BCUT2D eigenvalue weighted by Crippen LogP contribution is 2.21. The summed E-state index contributed by atoms with van der Waals surface area (Å²) in [5.41, 5.74) is 2.99. The molecule has 0 unspecified atom stereocenters. The zero-order valence-electron chi connectivity index (χ0n) is 9.37. The van der Waals surface area contributed by atoms with Gasteiger partial charge in [0.15, 0.2) is 5.82 Å². The molecule has 2 nitrogen and oxygen atoms in total. The Morgan fingerprint density at radius 2 is 1.81 bits per heavy atom. The van der Waals surface area contributed by atoms with Crippen molar-refractivity contribution in [3.8, 4) is 11.4 Å². The van der Waals surface area contributed by atoms with Crippen LogP contribution in [0.15, 0.2) is 30.3 Å². The lowest BCUT2D eigenvalue weighted by Gasteiger charge is -2.07. The van der Waals surface area contributed by atoms with Crippen LogP contribution in [0.25, 0.3) is 11.4 Å². The predicted molar refractivity (Wildman–Crippen MR) is 66.6 cm³/mol. The van der Waals surface area contributed by atoms with Crippen molar-refractivity contribution >= 4 is 11.6 Å². The number of rotatable bonds is 2. The van der Waals surface area contributed by atoms with E-state index in [0.717, 1.165) is 23.2 Å². The maximum absolute atomic E-state index is 6.10. The maximum atomic E-state index is 6.10. The molecule has 1 aromatic carbocycles. The molecule has 0 spiro atoms. The monoisotopic (exact) mass is 232 g/mol. The average molecular weight is 233 g/mol. The minimum atomic E-state index is 0.547. The third-order valence-corrected chi connectivity index (χ3v) is 2.92. The van der Waals surface area contributed by atoms with Crippen LogP contribution >= 0.6 is 11.6 Å². The third kappa shape index (κ3) is 2.07. The summed E-state index contributed by atoms with van der Waals surface area (Å²) in [6, 6.07) is 9.89. The Hall–Kier alpha value is -1.41. The van der Waals surface area contributed by atoms with Crippen LogP contribution in [-0.2, 0) is 6.42 Å². The van der Waals surface area contributed by atoms with Gasteiger partial charge in [-0.15, -0.1) is 0 Å². The molecule has 0 N–H and O–H groups in total. The van der Waals surface area contributed by atoms with Gasteiger partial charge in [0.1, 0.15) is 5.15 Å². The molecule has 0 amide bonds. The SMILES string of the molecule is CCc1nc(-c2ccccc2)nc(Cl)c1C. The first-order valence-corrected chi connectivity index (χ1v) is 5.68. The lowest BCUT2D eigenvalue weighted by atomic mass is 10.1. The molecule has 0 saturated carbocycles. The summed E-state index contributed by atoms with van der Waals surface area (Å²) in [6.07, 6.45) is 0.869. The van der Waals surface area contributed by atoms with Crippen LogP contribution in [0.3, 0.4) is 0 Å². The number of aromatic nitrogens is 2. The molecule has 2 aromatic rings. The number of hydrogen-bond acceptors (Lipinski definition) is 2. The highest BCUT2D eigenvalue weighted by Gasteiger charge is 2.08. The van der Waals surface area contributed by atoms with Crippen molar-refractivity contribution in [2.24, 2.45) is 0 Å². The van der Waals surface area contributed by atoms with Gasteiger partial charge in [-0.05, 0) is 13.3 Å². The van der Waals surface area contributed by atoms with Gasteiger partial charge in [0.05, 0.1) is 0 Å². The van der Waals surface area contributed by atoms with Crippen molar-refractivity contribution in [3.63, 3.8) is 0 Å². The Bertz CT molecular complexity index is 495. The van der Waals surface area contributed by atoms with Crippen LogP contribution in [0, 0.1) is 6.92 Å². The van der Waals surface area contributed by atoms with E-state index in [2.05, 4.69) is 16.9 Å². The second kappa shape index (κ2) is 4.62. The lowest BCUT2D eigenvalue weighted by molar-refractivity contribution is 0.977. The normalized spacial score (nSPS) is 10.4. The van der Waals surface area contributed by atoms with E-state index in [1.165, 1.54) is 0 Å². The van der Waals surface area contributed by atoms with Crippen molar-refractivity contribution < 1.29 is 0 Å². The van der Waals surface area contributed by atoms with E-state index in [1.807, 2.05) is 37.3 Å². The first-order chi connectivity index (χ1) is 7.72. The van der Waals surface area contributed by atoms with Gasteiger partial charge in [-0.1, -0.05) is 48.9 Å². The zero-order chi connectivity index (χ0) is 11.5. The van der Waals surface area contributed by atoms with Crippen molar-refractivity contribution in [1.82, 2.24) is 9.97 Å². The van der Waals surface area contributed by atoms with Gasteiger partial charge in [0.25, 0.3) is 0 Å². The Balaban J connectivity index is 2.55. The van der Waals surface area contributed by atoms with Crippen LogP contribution in [0.5, 0.6) is 0 Å². The molecule has 0 fully saturated rings. The van der Waals surface area contributed by atoms with Crippen LogP contribution in [0.4, 0.5) is 0 Å². The largest absolute Gasteiger partial charge is 0.233 e. The Labute approximate surface area is 100 Å². The summed E-state index contributed by atoms with van der Waals surface area (Å²) in [4.78, 5) is 8.83. The second-order valence-corrected chi connectivity index (χ2v) is 3.99. The highest BCUT2D eigenvalue weighted by molar-refractivity contribution is 6.30. The second-order valence-electron chi connectivity index (χ2n) is 3.63. The predicted octanol–water partition coefficient (Wildman–Crippen LogP) is 3.67. The Kier molecular flexibility index (Phi) is 3.20. The van der Waals surface area contributed by atoms with Gasteiger partial charge < -0.3 is 0 Å². The molecule has 1 heterocycles. The lowest BCUT2D eigenvalue weighted by Crippen LogP contribution is -1.99. The molecular formula is C13H13ClN2. The van der Waals surface area contributed by atoms with Gasteiger partial charge in [0, 0.05) is 16.8 Å². The third-order valence-electron chi connectivity index (χ3n) is 2.55. The fourth-order valence-corrected chi connectivity index (χ4v) is 1.78. The van der Waals surface area contributed by atoms with E-state index >= 15 is 0 Å². The van der Waals surface area contributed by atoms with Crippen molar-refractivity contribution in [3.05, 3.63) is 46.7 Å². The summed E-state index contributed by atoms with van der Waals surface area (Å²) in [5, 5.41) is 0.547. The summed E-state index contributed by atoms with van der Waals surface area (Å²) < 4.78 is 0. The molecule has 0 saturated heterocycles. The number of hydrogen-bond donors (Lipinski definition) is 0. The van der Waals surface area contributed by atoms with Crippen molar-refractivity contribution in [1.29, 1.82) is 0 Å². The molecular weight excluding hydrogens is 220 g/mol. The van der Waals surface area contributed by atoms with Gasteiger partial charge >= 0.3 is 0 Å². The molecule has 0 bridgehead atoms. The molecule has 0 radical (unpaired) electrons. The summed E-state index contributed by atoms with van der Waals surface area (Å²) >= 11 is 6.10. The quantitative estimate of drug-likeness (QED) is 0.739. The number of benzene rings is 1. The molecule has 16 heavy (non-hydrogen) atoms. The average Bonchev–Trinajstić information content (AvgIpc) is 2.33. The van der Waals surface area contributed by atoms with Crippen molar-refractivity contribution in [2.45, 2.75) is 20.3 Å². The smallest absolute Gasteiger partial charge is 0.161 e. The zero-order valence-corrected chi connectivity index (χ0v) is 10.1. The molecule has 0 aliphatic rings. The van der Waals surface area contributed by atoms with Crippen molar-refractivity contribution in [2.75, 3.05) is 0 Å². The molecule has 2 rings (SSSR count). The Morgan fingerprint density at radius 3 is 2.44 bits per heavy atom. The van der Waals surface area contributed by atoms with E-state index in [-0.39, 0.29) is 0 Å². The van der Waals surface area contributed by atoms with E-state index < -0.39 is 0 Å². The molecule has 0 atom stereocenters. The standard InChI is InChI=1S/C13H13ClN2/c1-3-11-9(2)12(14)16-13(15-11)10-7-5-4-6-8-10/h4-8H,3H2,1-2H3. The molecule has 0 aliphatic carbocycles. The fourth-order valence-electron chi connectivity index (χ4n) is 1.59. The summed E-state index contributed by atoms with van der Waals surface area (Å²) in [5.74, 6) is 0.702. The van der Waals surface area contributed by atoms with E-state index in [4.69, 9.17) is 11.6 Å². The molecule has 0 aliphatic heterocycles. The van der Waals surface area contributed by atoms with Gasteiger partial charge in [-0.25, -0.2) is 9.97 Å². The number of halogens is 1. The van der Waals surface area contributed by atoms with Crippen LogP contribution < -0.4 is 0 Å². The number of aryl methyl sites for hydroxylation is 1. The maximum Gasteiger partial charge on any atom is 0.161 e. The van der Waals surface area contributed by atoms with E-state index in [9.17, 15) is 0 Å². The molecule has 3 heteroatoms. The van der Waals surface area contributed by atoms with E-state index in [0.29, 0.717) is 11.0 Å². The summed E-state index contributed by atoms with van der Waals surface area (Å²) in [6.45, 7) is 4.02. The molecule has 1 aromatic heterocycles. The minimum Gasteiger partial charge on any atom is -0.233 e. The van der Waals surface area contributed by atoms with Crippen LogP contribution in [0.1, 0.15) is 18.2 Å². The van der Waals surface area contributed by atoms with Gasteiger partial charge in [-0.2, -0.15) is 0 Å². The fraction of sp³-hybridized carbons (Fsp3) is 0.231.